The van der Waals surface area contributed by atoms with Crippen LogP contribution in [0.25, 0.3) is 0 Å². The first-order valence-corrected chi connectivity index (χ1v) is 3.39. The molecule has 1 amide bonds. The van der Waals surface area contributed by atoms with E-state index < -0.39 is 0 Å². The number of amides is 1. The summed E-state index contributed by atoms with van der Waals surface area (Å²) in [7, 11) is 0. The van der Waals surface area contributed by atoms with Crippen molar-refractivity contribution in [1.29, 1.82) is 5.41 Å². The molecule has 0 aliphatic heterocycles. The van der Waals surface area contributed by atoms with E-state index >= 15 is 0 Å². The number of amidine groups is 1. The van der Waals surface area contributed by atoms with Crippen molar-refractivity contribution in [3.05, 3.63) is 29.8 Å². The first kappa shape index (κ1) is 8.26. The van der Waals surface area contributed by atoms with Crippen LogP contribution in [0.4, 0.5) is 5.69 Å². The van der Waals surface area contributed by atoms with Crippen LogP contribution in [0.2, 0.25) is 0 Å². The van der Waals surface area contributed by atoms with Crippen molar-refractivity contribution < 1.29 is 4.79 Å². The van der Waals surface area contributed by atoms with Crippen LogP contribution in [0.5, 0.6) is 0 Å². The number of nitrogens with two attached hydrogens (primary N) is 1. The third-order valence-corrected chi connectivity index (χ3v) is 1.43. The predicted octanol–water partition coefficient (Wildman–Crippen LogP) is 0.539. The van der Waals surface area contributed by atoms with Gasteiger partial charge in [-0.25, -0.2) is 0 Å². The number of nitrogen functional groups attached to an aromatic ring is 1. The van der Waals surface area contributed by atoms with Gasteiger partial charge in [0.05, 0.1) is 5.69 Å². The number of rotatable bonds is 3. The molecule has 0 unspecified atom stereocenters. The van der Waals surface area contributed by atoms with E-state index in [9.17, 15) is 4.79 Å². The zero-order valence-corrected chi connectivity index (χ0v) is 6.37. The maximum absolute atomic E-state index is 10.1. The standard InChI is InChI=1S/C8H9N3O/c9-8(10)6-3-1-2-4-7(6)11-5-12/h1-5H,(H3,9,10)(H,11,12). The molecule has 0 spiro atoms. The molecule has 62 valence electrons. The second kappa shape index (κ2) is 3.52. The lowest BCUT2D eigenvalue weighted by molar-refractivity contribution is -0.105. The van der Waals surface area contributed by atoms with Gasteiger partial charge >= 0.3 is 0 Å². The summed E-state index contributed by atoms with van der Waals surface area (Å²) in [4.78, 5) is 10.1. The van der Waals surface area contributed by atoms with Crippen LogP contribution < -0.4 is 11.1 Å². The maximum Gasteiger partial charge on any atom is 0.211 e. The Labute approximate surface area is 69.9 Å². The summed E-state index contributed by atoms with van der Waals surface area (Å²) in [6.45, 7) is 0. The first-order chi connectivity index (χ1) is 5.75. The Balaban J connectivity index is 3.07. The highest BCUT2D eigenvalue weighted by Gasteiger charge is 2.01. The second-order valence-corrected chi connectivity index (χ2v) is 2.22. The second-order valence-electron chi connectivity index (χ2n) is 2.22. The van der Waals surface area contributed by atoms with E-state index in [1.165, 1.54) is 0 Å². The molecule has 1 aromatic rings. The van der Waals surface area contributed by atoms with Crippen molar-refractivity contribution in [2.45, 2.75) is 0 Å². The van der Waals surface area contributed by atoms with Gasteiger partial charge < -0.3 is 11.1 Å². The van der Waals surface area contributed by atoms with Crippen LogP contribution in [0.1, 0.15) is 5.56 Å². The molecule has 0 bridgehead atoms. The van der Waals surface area contributed by atoms with E-state index in [1.807, 2.05) is 0 Å². The highest BCUT2D eigenvalue weighted by Crippen LogP contribution is 2.12. The molecule has 0 heterocycles. The van der Waals surface area contributed by atoms with Gasteiger partial charge in [-0.05, 0) is 12.1 Å². The number of hydrogen-bond donors (Lipinski definition) is 3. The van der Waals surface area contributed by atoms with Crippen molar-refractivity contribution in [3.8, 4) is 0 Å². The highest BCUT2D eigenvalue weighted by molar-refractivity contribution is 6.01. The maximum atomic E-state index is 10.1. The Hall–Kier alpha value is -1.84. The molecule has 1 aromatic carbocycles. The number of benzene rings is 1. The zero-order chi connectivity index (χ0) is 8.97. The van der Waals surface area contributed by atoms with E-state index in [0.29, 0.717) is 17.7 Å². The van der Waals surface area contributed by atoms with Gasteiger partial charge in [0.15, 0.2) is 0 Å². The summed E-state index contributed by atoms with van der Waals surface area (Å²) < 4.78 is 0. The Morgan fingerprint density at radius 2 is 2.17 bits per heavy atom. The normalized spacial score (nSPS) is 9.00. The van der Waals surface area contributed by atoms with Crippen LogP contribution in [-0.2, 0) is 4.79 Å². The van der Waals surface area contributed by atoms with Gasteiger partial charge in [0.25, 0.3) is 0 Å². The molecule has 0 atom stereocenters. The Morgan fingerprint density at radius 1 is 1.50 bits per heavy atom. The topological polar surface area (TPSA) is 79.0 Å². The average molecular weight is 163 g/mol. The van der Waals surface area contributed by atoms with Crippen molar-refractivity contribution in [2.75, 3.05) is 5.32 Å². The number of anilines is 1. The minimum absolute atomic E-state index is 0.0556. The van der Waals surface area contributed by atoms with E-state index in [1.54, 1.807) is 24.3 Å². The van der Waals surface area contributed by atoms with Crippen LogP contribution in [0.15, 0.2) is 24.3 Å². The molecule has 0 aliphatic rings. The number of nitrogens with one attached hydrogen (secondary N) is 2. The molecule has 4 nitrogen and oxygen atoms in total. The lowest BCUT2D eigenvalue weighted by Crippen LogP contribution is -2.13. The molecule has 0 aromatic heterocycles. The third-order valence-electron chi connectivity index (χ3n) is 1.43. The molecule has 4 N–H and O–H groups in total. The van der Waals surface area contributed by atoms with Gasteiger partial charge in [0, 0.05) is 5.56 Å². The van der Waals surface area contributed by atoms with Crippen LogP contribution in [0.3, 0.4) is 0 Å². The van der Waals surface area contributed by atoms with Crippen molar-refractivity contribution >= 4 is 17.9 Å². The fraction of sp³-hybridized carbons (Fsp3) is 0. The lowest BCUT2D eigenvalue weighted by Gasteiger charge is -2.04. The summed E-state index contributed by atoms with van der Waals surface area (Å²) in [6.07, 6.45) is 0.557. The minimum atomic E-state index is -0.0556. The quantitative estimate of drug-likeness (QED) is 0.345. The van der Waals surface area contributed by atoms with Crippen LogP contribution in [-0.4, -0.2) is 12.2 Å². The van der Waals surface area contributed by atoms with Gasteiger partial charge in [-0.3, -0.25) is 10.2 Å². The van der Waals surface area contributed by atoms with Gasteiger partial charge in [-0.15, -0.1) is 0 Å². The molecule has 0 saturated heterocycles. The minimum Gasteiger partial charge on any atom is -0.384 e. The van der Waals surface area contributed by atoms with Crippen molar-refractivity contribution in [2.24, 2.45) is 5.73 Å². The number of hydrogen-bond acceptors (Lipinski definition) is 2. The zero-order valence-electron chi connectivity index (χ0n) is 6.37. The van der Waals surface area contributed by atoms with E-state index in [4.69, 9.17) is 11.1 Å². The summed E-state index contributed by atoms with van der Waals surface area (Å²) in [6, 6.07) is 6.88. The monoisotopic (exact) mass is 163 g/mol. The first-order valence-electron chi connectivity index (χ1n) is 3.39. The smallest absolute Gasteiger partial charge is 0.211 e. The largest absolute Gasteiger partial charge is 0.384 e. The fourth-order valence-corrected chi connectivity index (χ4v) is 0.907. The summed E-state index contributed by atoms with van der Waals surface area (Å²) in [5.74, 6) is -0.0556. The van der Waals surface area contributed by atoms with Gasteiger partial charge in [0.2, 0.25) is 6.41 Å². The molecule has 0 aliphatic carbocycles. The molecule has 1 rings (SSSR count). The molecule has 0 saturated carbocycles. The number of para-hydroxylation sites is 1. The van der Waals surface area contributed by atoms with Crippen LogP contribution >= 0.6 is 0 Å². The van der Waals surface area contributed by atoms with Crippen LogP contribution in [0, 0.1) is 5.41 Å². The number of carbonyl (C=O) groups is 1. The Morgan fingerprint density at radius 3 is 2.75 bits per heavy atom. The SMILES string of the molecule is N=C(N)c1ccccc1NC=O. The third kappa shape index (κ3) is 1.60. The van der Waals surface area contributed by atoms with Crippen molar-refractivity contribution in [1.82, 2.24) is 0 Å². The molecule has 4 heteroatoms. The summed E-state index contributed by atoms with van der Waals surface area (Å²) in [5.41, 5.74) is 6.36. The Kier molecular flexibility index (Phi) is 2.42. The molecular formula is C8H9N3O. The summed E-state index contributed by atoms with van der Waals surface area (Å²) in [5, 5.41) is 9.63. The Bertz CT molecular complexity index is 309. The molecule has 12 heavy (non-hydrogen) atoms. The number of carbonyl (C=O) groups excluding carboxylic acids is 1. The molecule has 0 fully saturated rings. The highest BCUT2D eigenvalue weighted by atomic mass is 16.1. The molecular weight excluding hydrogens is 154 g/mol. The van der Waals surface area contributed by atoms with Gasteiger partial charge in [-0.2, -0.15) is 0 Å². The predicted molar refractivity (Wildman–Crippen MR) is 47.1 cm³/mol. The fourth-order valence-electron chi connectivity index (χ4n) is 0.907. The van der Waals surface area contributed by atoms with E-state index in [2.05, 4.69) is 5.32 Å². The van der Waals surface area contributed by atoms with E-state index in [0.717, 1.165) is 0 Å². The average Bonchev–Trinajstić information content (AvgIpc) is 2.05. The summed E-state index contributed by atoms with van der Waals surface area (Å²) >= 11 is 0. The van der Waals surface area contributed by atoms with Crippen molar-refractivity contribution in [3.63, 3.8) is 0 Å². The lowest BCUT2D eigenvalue weighted by atomic mass is 10.1. The molecule has 0 radical (unpaired) electrons. The van der Waals surface area contributed by atoms with Gasteiger partial charge in [-0.1, -0.05) is 12.1 Å². The van der Waals surface area contributed by atoms with E-state index in [-0.39, 0.29) is 5.84 Å². The van der Waals surface area contributed by atoms with Gasteiger partial charge in [0.1, 0.15) is 5.84 Å².